The van der Waals surface area contributed by atoms with Gasteiger partial charge in [0, 0.05) is 12.6 Å². The highest BCUT2D eigenvalue weighted by Gasteiger charge is 2.53. The number of piperidine rings is 2. The molecule has 0 aromatic rings. The van der Waals surface area contributed by atoms with Crippen LogP contribution in [0.1, 0.15) is 78.6 Å². The number of rotatable bonds is 5. The number of hydrogen-bond donors (Lipinski definition) is 0. The number of nitrogens with zero attached hydrogens (tertiary/aromatic N) is 2. The predicted octanol–water partition coefficient (Wildman–Crippen LogP) is 5.04. The molecule has 0 atom stereocenters. The summed E-state index contributed by atoms with van der Waals surface area (Å²) in [6.07, 6.45) is 13.7. The molecule has 4 rings (SSSR count). The Morgan fingerprint density at radius 2 is 1.44 bits per heavy atom. The lowest BCUT2D eigenvalue weighted by Gasteiger charge is -2.60. The van der Waals surface area contributed by atoms with Crippen LogP contribution in [0.5, 0.6) is 0 Å². The lowest BCUT2D eigenvalue weighted by molar-refractivity contribution is -0.0960. The molecule has 25 heavy (non-hydrogen) atoms. The average molecular weight is 347 g/mol. The van der Waals surface area contributed by atoms with Crippen LogP contribution >= 0.6 is 0 Å². The van der Waals surface area contributed by atoms with Crippen molar-refractivity contribution in [1.82, 2.24) is 9.80 Å². The zero-order valence-corrected chi connectivity index (χ0v) is 17.2. The summed E-state index contributed by atoms with van der Waals surface area (Å²) in [5, 5.41) is 0. The Hall–Kier alpha value is -0.0800. The highest BCUT2D eigenvalue weighted by Crippen LogP contribution is 2.64. The fourth-order valence-electron chi connectivity index (χ4n) is 6.80. The van der Waals surface area contributed by atoms with Crippen LogP contribution < -0.4 is 0 Å². The summed E-state index contributed by atoms with van der Waals surface area (Å²) in [5.74, 6) is 4.24. The maximum absolute atomic E-state index is 2.82. The highest BCUT2D eigenvalue weighted by atomic mass is 15.2. The Morgan fingerprint density at radius 1 is 0.800 bits per heavy atom. The molecular weight excluding hydrogens is 304 g/mol. The molecule has 2 aliphatic heterocycles. The van der Waals surface area contributed by atoms with E-state index in [1.165, 1.54) is 64.8 Å². The van der Waals surface area contributed by atoms with Gasteiger partial charge in [-0.3, -0.25) is 0 Å². The molecule has 4 aliphatic rings. The minimum absolute atomic E-state index is 0.741. The second-order valence-electron chi connectivity index (χ2n) is 10.6. The summed E-state index contributed by atoms with van der Waals surface area (Å²) in [5.41, 5.74) is 0.854. The highest BCUT2D eigenvalue weighted by molar-refractivity contribution is 5.04. The molecule has 2 saturated carbocycles. The normalized spacial score (nSPS) is 38.9. The molecular formula is C23H42N2. The van der Waals surface area contributed by atoms with E-state index in [1.54, 1.807) is 25.7 Å². The first-order valence-electron chi connectivity index (χ1n) is 11.5. The molecule has 0 N–H and O–H groups in total. The van der Waals surface area contributed by atoms with Gasteiger partial charge in [0.25, 0.3) is 0 Å². The molecule has 2 nitrogen and oxygen atoms in total. The van der Waals surface area contributed by atoms with E-state index in [1.807, 2.05) is 0 Å². The summed E-state index contributed by atoms with van der Waals surface area (Å²) in [7, 11) is 0. The van der Waals surface area contributed by atoms with Crippen molar-refractivity contribution in [2.75, 3.05) is 32.7 Å². The van der Waals surface area contributed by atoms with Gasteiger partial charge < -0.3 is 9.80 Å². The largest absolute Gasteiger partial charge is 0.303 e. The Kier molecular flexibility index (Phi) is 5.49. The second-order valence-corrected chi connectivity index (χ2v) is 10.6. The van der Waals surface area contributed by atoms with E-state index >= 15 is 0 Å². The topological polar surface area (TPSA) is 6.48 Å². The molecule has 2 heterocycles. The molecule has 0 unspecified atom stereocenters. The standard InChI is InChI=1S/C23H42N2/c1-4-19-13-23(14-19)15-22(16-23)21-7-9-24(10-8-21)17-20-5-11-25(12-6-20)18(2)3/h18-22H,4-17H2,1-3H3. The van der Waals surface area contributed by atoms with E-state index in [0.29, 0.717) is 0 Å². The molecule has 2 saturated heterocycles. The quantitative estimate of drug-likeness (QED) is 0.688. The van der Waals surface area contributed by atoms with Gasteiger partial charge in [0.15, 0.2) is 0 Å². The lowest BCUT2D eigenvalue weighted by Crippen LogP contribution is -2.51. The van der Waals surface area contributed by atoms with Gasteiger partial charge in [-0.15, -0.1) is 0 Å². The average Bonchev–Trinajstić information content (AvgIpc) is 2.54. The zero-order valence-electron chi connectivity index (χ0n) is 17.2. The molecule has 2 heteroatoms. The SMILES string of the molecule is CCC1CC2(C1)CC(C1CCN(CC3CCN(C(C)C)CC3)CC1)C2. The van der Waals surface area contributed by atoms with Crippen LogP contribution in [0, 0.1) is 29.1 Å². The van der Waals surface area contributed by atoms with Crippen LogP contribution in [0.25, 0.3) is 0 Å². The Morgan fingerprint density at radius 3 is 2.00 bits per heavy atom. The maximum Gasteiger partial charge on any atom is 0.00385 e. The first-order valence-corrected chi connectivity index (χ1v) is 11.5. The van der Waals surface area contributed by atoms with Crippen molar-refractivity contribution in [3.63, 3.8) is 0 Å². The molecule has 0 aromatic heterocycles. The molecule has 1 spiro atoms. The number of hydrogen-bond acceptors (Lipinski definition) is 2. The Labute approximate surface area is 156 Å². The van der Waals surface area contributed by atoms with E-state index in [4.69, 9.17) is 0 Å². The van der Waals surface area contributed by atoms with E-state index in [0.717, 1.165) is 35.1 Å². The molecule has 0 radical (unpaired) electrons. The van der Waals surface area contributed by atoms with Crippen LogP contribution in [0.4, 0.5) is 0 Å². The van der Waals surface area contributed by atoms with Gasteiger partial charge in [-0.2, -0.15) is 0 Å². The van der Waals surface area contributed by atoms with Crippen LogP contribution in [0.2, 0.25) is 0 Å². The fraction of sp³-hybridized carbons (Fsp3) is 1.00. The second kappa shape index (κ2) is 7.50. The van der Waals surface area contributed by atoms with Crippen molar-refractivity contribution in [2.45, 2.75) is 84.6 Å². The molecule has 0 amide bonds. The minimum Gasteiger partial charge on any atom is -0.303 e. The van der Waals surface area contributed by atoms with Gasteiger partial charge in [0.1, 0.15) is 0 Å². The van der Waals surface area contributed by atoms with Gasteiger partial charge in [0.05, 0.1) is 0 Å². The van der Waals surface area contributed by atoms with Crippen molar-refractivity contribution >= 4 is 0 Å². The van der Waals surface area contributed by atoms with Crippen LogP contribution in [0.3, 0.4) is 0 Å². The van der Waals surface area contributed by atoms with Crippen molar-refractivity contribution in [3.05, 3.63) is 0 Å². The van der Waals surface area contributed by atoms with Gasteiger partial charge in [-0.25, -0.2) is 0 Å². The first kappa shape index (κ1) is 18.3. The van der Waals surface area contributed by atoms with Crippen molar-refractivity contribution in [3.8, 4) is 0 Å². The van der Waals surface area contributed by atoms with E-state index in [2.05, 4.69) is 30.6 Å². The van der Waals surface area contributed by atoms with Crippen LogP contribution in [-0.4, -0.2) is 48.6 Å². The zero-order chi connectivity index (χ0) is 17.4. The summed E-state index contributed by atoms with van der Waals surface area (Å²) in [6.45, 7) is 13.9. The summed E-state index contributed by atoms with van der Waals surface area (Å²) < 4.78 is 0. The monoisotopic (exact) mass is 346 g/mol. The van der Waals surface area contributed by atoms with Crippen LogP contribution in [-0.2, 0) is 0 Å². The van der Waals surface area contributed by atoms with Crippen molar-refractivity contribution in [1.29, 1.82) is 0 Å². The van der Waals surface area contributed by atoms with E-state index < -0.39 is 0 Å². The van der Waals surface area contributed by atoms with Crippen molar-refractivity contribution < 1.29 is 0 Å². The fourth-order valence-corrected chi connectivity index (χ4v) is 6.80. The Balaban J connectivity index is 1.13. The predicted molar refractivity (Wildman–Crippen MR) is 107 cm³/mol. The molecule has 0 aromatic carbocycles. The smallest absolute Gasteiger partial charge is 0.00385 e. The molecule has 2 aliphatic carbocycles. The van der Waals surface area contributed by atoms with Gasteiger partial charge >= 0.3 is 0 Å². The minimum atomic E-state index is 0.741. The van der Waals surface area contributed by atoms with E-state index in [-0.39, 0.29) is 0 Å². The lowest BCUT2D eigenvalue weighted by atomic mass is 9.45. The molecule has 0 bridgehead atoms. The van der Waals surface area contributed by atoms with E-state index in [9.17, 15) is 0 Å². The third-order valence-corrected chi connectivity index (χ3v) is 8.61. The third-order valence-electron chi connectivity index (χ3n) is 8.61. The molecule has 4 fully saturated rings. The van der Waals surface area contributed by atoms with Crippen LogP contribution in [0.15, 0.2) is 0 Å². The third kappa shape index (κ3) is 3.95. The first-order chi connectivity index (χ1) is 12.1. The van der Waals surface area contributed by atoms with Gasteiger partial charge in [0.2, 0.25) is 0 Å². The summed E-state index contributed by atoms with van der Waals surface area (Å²) >= 11 is 0. The molecule has 144 valence electrons. The van der Waals surface area contributed by atoms with Crippen molar-refractivity contribution in [2.24, 2.45) is 29.1 Å². The number of likely N-dealkylation sites (tertiary alicyclic amines) is 2. The Bertz CT molecular complexity index is 415. The van der Waals surface area contributed by atoms with Gasteiger partial charge in [-0.1, -0.05) is 13.3 Å². The van der Waals surface area contributed by atoms with Gasteiger partial charge in [-0.05, 0) is 120 Å². The summed E-state index contributed by atoms with van der Waals surface area (Å²) in [4.78, 5) is 5.48. The summed E-state index contributed by atoms with van der Waals surface area (Å²) in [6, 6.07) is 0.741. The maximum atomic E-state index is 2.82.